The van der Waals surface area contributed by atoms with Crippen molar-refractivity contribution in [2.75, 3.05) is 39.3 Å². The van der Waals surface area contributed by atoms with Crippen molar-refractivity contribution in [3.63, 3.8) is 0 Å². The second-order valence-electron chi connectivity index (χ2n) is 7.16. The Balaban J connectivity index is 1.61. The molecule has 2 N–H and O–H groups in total. The molecule has 2 atom stereocenters. The SMILES string of the molecule is O=C(O)[C@@H]1CN(C(=O)CN2CCC(CO)CC2)C[C@H]1c1ccccc1. The highest BCUT2D eigenvalue weighted by molar-refractivity contribution is 5.81. The van der Waals surface area contributed by atoms with Crippen molar-refractivity contribution in [1.82, 2.24) is 9.80 Å². The first-order valence-electron chi connectivity index (χ1n) is 8.97. The number of aliphatic hydroxyl groups excluding tert-OH is 1. The van der Waals surface area contributed by atoms with Crippen LogP contribution in [-0.2, 0) is 9.59 Å². The van der Waals surface area contributed by atoms with Crippen molar-refractivity contribution >= 4 is 11.9 Å². The molecule has 1 aromatic rings. The highest BCUT2D eigenvalue weighted by Gasteiger charge is 2.40. The minimum Gasteiger partial charge on any atom is -0.481 e. The lowest BCUT2D eigenvalue weighted by atomic mass is 9.89. The predicted octanol–water partition coefficient (Wildman–Crippen LogP) is 1.02. The Bertz CT molecular complexity index is 599. The molecule has 2 aliphatic heterocycles. The highest BCUT2D eigenvalue weighted by atomic mass is 16.4. The number of carboxylic acids is 1. The number of carbonyl (C=O) groups is 2. The van der Waals surface area contributed by atoms with Crippen LogP contribution in [0.3, 0.4) is 0 Å². The fourth-order valence-corrected chi connectivity index (χ4v) is 3.91. The summed E-state index contributed by atoms with van der Waals surface area (Å²) in [6, 6.07) is 9.60. The van der Waals surface area contributed by atoms with Crippen molar-refractivity contribution in [3.8, 4) is 0 Å². The Hall–Kier alpha value is -1.92. The van der Waals surface area contributed by atoms with Crippen LogP contribution >= 0.6 is 0 Å². The largest absolute Gasteiger partial charge is 0.481 e. The number of aliphatic carboxylic acids is 1. The fraction of sp³-hybridized carbons (Fsp3) is 0.579. The van der Waals surface area contributed by atoms with Crippen molar-refractivity contribution in [1.29, 1.82) is 0 Å². The van der Waals surface area contributed by atoms with Crippen LogP contribution in [0.15, 0.2) is 30.3 Å². The summed E-state index contributed by atoms with van der Waals surface area (Å²) in [5.41, 5.74) is 0.981. The second kappa shape index (κ2) is 7.97. The number of rotatable bonds is 5. The lowest BCUT2D eigenvalue weighted by molar-refractivity contribution is -0.141. The standard InChI is InChI=1S/C19H26N2O4/c22-13-14-6-8-20(9-7-14)12-18(23)21-10-16(17(11-21)19(24)25)15-4-2-1-3-5-15/h1-5,14,16-17,22H,6-13H2,(H,24,25)/t16-,17+/m0/s1. The third-order valence-corrected chi connectivity index (χ3v) is 5.54. The predicted molar refractivity (Wildman–Crippen MR) is 93.1 cm³/mol. The van der Waals surface area contributed by atoms with E-state index in [1.54, 1.807) is 4.90 Å². The van der Waals surface area contributed by atoms with E-state index in [0.29, 0.717) is 19.0 Å². The first kappa shape index (κ1) is 17.9. The molecule has 136 valence electrons. The van der Waals surface area contributed by atoms with E-state index in [2.05, 4.69) is 4.90 Å². The van der Waals surface area contributed by atoms with Crippen LogP contribution < -0.4 is 0 Å². The number of nitrogens with zero attached hydrogens (tertiary/aromatic N) is 2. The van der Waals surface area contributed by atoms with Gasteiger partial charge in [-0.1, -0.05) is 30.3 Å². The maximum Gasteiger partial charge on any atom is 0.308 e. The summed E-state index contributed by atoms with van der Waals surface area (Å²) in [5, 5.41) is 18.8. The Morgan fingerprint density at radius 3 is 2.36 bits per heavy atom. The van der Waals surface area contributed by atoms with Gasteiger partial charge in [-0.3, -0.25) is 14.5 Å². The van der Waals surface area contributed by atoms with E-state index in [1.807, 2.05) is 30.3 Å². The quantitative estimate of drug-likeness (QED) is 0.832. The lowest BCUT2D eigenvalue weighted by Crippen LogP contribution is -2.43. The molecule has 0 spiro atoms. The minimum atomic E-state index is -0.840. The molecule has 2 saturated heterocycles. The third kappa shape index (κ3) is 4.19. The summed E-state index contributed by atoms with van der Waals surface area (Å²) in [7, 11) is 0. The van der Waals surface area contributed by atoms with Gasteiger partial charge < -0.3 is 15.1 Å². The van der Waals surface area contributed by atoms with Gasteiger partial charge in [0.15, 0.2) is 0 Å². The van der Waals surface area contributed by atoms with Gasteiger partial charge >= 0.3 is 5.97 Å². The topological polar surface area (TPSA) is 81.1 Å². The van der Waals surface area contributed by atoms with Gasteiger partial charge in [0.25, 0.3) is 0 Å². The number of aliphatic hydroxyl groups is 1. The van der Waals surface area contributed by atoms with E-state index in [0.717, 1.165) is 31.5 Å². The number of carbonyl (C=O) groups excluding carboxylic acids is 1. The number of carboxylic acid groups (broad SMARTS) is 1. The van der Waals surface area contributed by atoms with Crippen LogP contribution in [0.5, 0.6) is 0 Å². The van der Waals surface area contributed by atoms with E-state index in [9.17, 15) is 19.8 Å². The molecular formula is C19H26N2O4. The van der Waals surface area contributed by atoms with Crippen LogP contribution in [0.4, 0.5) is 0 Å². The average molecular weight is 346 g/mol. The summed E-state index contributed by atoms with van der Waals surface area (Å²) in [4.78, 5) is 28.1. The van der Waals surface area contributed by atoms with Gasteiger partial charge in [-0.15, -0.1) is 0 Å². The summed E-state index contributed by atoms with van der Waals surface area (Å²) in [5.74, 6) is -1.19. The van der Waals surface area contributed by atoms with E-state index >= 15 is 0 Å². The van der Waals surface area contributed by atoms with Gasteiger partial charge in [-0.2, -0.15) is 0 Å². The van der Waals surface area contributed by atoms with Crippen LogP contribution in [-0.4, -0.2) is 71.2 Å². The van der Waals surface area contributed by atoms with Crippen molar-refractivity contribution in [3.05, 3.63) is 35.9 Å². The molecule has 3 rings (SSSR count). The van der Waals surface area contributed by atoms with Crippen LogP contribution in [0.2, 0.25) is 0 Å². The van der Waals surface area contributed by atoms with E-state index in [4.69, 9.17) is 0 Å². The molecule has 2 heterocycles. The fourth-order valence-electron chi connectivity index (χ4n) is 3.91. The van der Waals surface area contributed by atoms with Crippen molar-refractivity contribution < 1.29 is 19.8 Å². The molecule has 25 heavy (non-hydrogen) atoms. The van der Waals surface area contributed by atoms with Crippen LogP contribution in [0, 0.1) is 11.8 Å². The Labute approximate surface area is 148 Å². The third-order valence-electron chi connectivity index (χ3n) is 5.54. The molecule has 0 bridgehead atoms. The normalized spacial score (nSPS) is 25.2. The van der Waals surface area contributed by atoms with Gasteiger partial charge in [-0.05, 0) is 37.4 Å². The van der Waals surface area contributed by atoms with Crippen molar-refractivity contribution in [2.24, 2.45) is 11.8 Å². The number of amides is 1. The maximum absolute atomic E-state index is 12.7. The molecule has 0 aliphatic carbocycles. The number of benzene rings is 1. The molecule has 0 radical (unpaired) electrons. The Kier molecular flexibility index (Phi) is 5.71. The van der Waals surface area contributed by atoms with Crippen LogP contribution in [0.1, 0.15) is 24.3 Å². The zero-order valence-electron chi connectivity index (χ0n) is 14.4. The minimum absolute atomic E-state index is 0.00660. The van der Waals surface area contributed by atoms with Crippen molar-refractivity contribution in [2.45, 2.75) is 18.8 Å². The second-order valence-corrected chi connectivity index (χ2v) is 7.16. The Morgan fingerprint density at radius 1 is 1.08 bits per heavy atom. The van der Waals surface area contributed by atoms with Gasteiger partial charge in [0.2, 0.25) is 5.91 Å². The molecular weight excluding hydrogens is 320 g/mol. The summed E-state index contributed by atoms with van der Waals surface area (Å²) < 4.78 is 0. The van der Waals surface area contributed by atoms with Gasteiger partial charge in [0, 0.05) is 25.6 Å². The molecule has 2 fully saturated rings. The number of hydrogen-bond acceptors (Lipinski definition) is 4. The summed E-state index contributed by atoms with van der Waals surface area (Å²) >= 11 is 0. The molecule has 0 aromatic heterocycles. The van der Waals surface area contributed by atoms with Gasteiger partial charge in [0.05, 0.1) is 12.5 Å². The molecule has 6 heteroatoms. The molecule has 6 nitrogen and oxygen atoms in total. The summed E-state index contributed by atoms with van der Waals surface area (Å²) in [6.07, 6.45) is 1.82. The van der Waals surface area contributed by atoms with E-state index < -0.39 is 11.9 Å². The zero-order chi connectivity index (χ0) is 17.8. The zero-order valence-corrected chi connectivity index (χ0v) is 14.4. The number of likely N-dealkylation sites (tertiary alicyclic amines) is 2. The molecule has 1 aromatic carbocycles. The first-order valence-corrected chi connectivity index (χ1v) is 8.97. The smallest absolute Gasteiger partial charge is 0.308 e. The molecule has 2 aliphatic rings. The molecule has 0 unspecified atom stereocenters. The van der Waals surface area contributed by atoms with Gasteiger partial charge in [0.1, 0.15) is 0 Å². The van der Waals surface area contributed by atoms with Gasteiger partial charge in [-0.25, -0.2) is 0 Å². The number of piperidine rings is 1. The average Bonchev–Trinajstić information content (AvgIpc) is 3.09. The monoisotopic (exact) mass is 346 g/mol. The van der Waals surface area contributed by atoms with E-state index in [-0.39, 0.29) is 25.0 Å². The molecule has 1 amide bonds. The summed E-state index contributed by atoms with van der Waals surface area (Å²) in [6.45, 7) is 2.93. The first-order chi connectivity index (χ1) is 12.1. The number of hydrogen-bond donors (Lipinski definition) is 2. The lowest BCUT2D eigenvalue weighted by Gasteiger charge is -2.31. The maximum atomic E-state index is 12.7. The van der Waals surface area contributed by atoms with Crippen LogP contribution in [0.25, 0.3) is 0 Å². The highest BCUT2D eigenvalue weighted by Crippen LogP contribution is 2.33. The van der Waals surface area contributed by atoms with E-state index in [1.165, 1.54) is 0 Å². The Morgan fingerprint density at radius 2 is 1.76 bits per heavy atom. The molecule has 0 saturated carbocycles.